The lowest BCUT2D eigenvalue weighted by Gasteiger charge is -2.24. The van der Waals surface area contributed by atoms with Gasteiger partial charge in [-0.05, 0) is 43.9 Å². The zero-order chi connectivity index (χ0) is 14.5. The van der Waals surface area contributed by atoms with Crippen molar-refractivity contribution in [2.75, 3.05) is 6.61 Å². The van der Waals surface area contributed by atoms with Gasteiger partial charge < -0.3 is 10.2 Å². The fourth-order valence-corrected chi connectivity index (χ4v) is 2.75. The van der Waals surface area contributed by atoms with Crippen LogP contribution in [0.5, 0.6) is 0 Å². The van der Waals surface area contributed by atoms with Crippen LogP contribution in [0.15, 0.2) is 0 Å². The van der Waals surface area contributed by atoms with Crippen LogP contribution in [0.1, 0.15) is 78.1 Å². The first-order chi connectivity index (χ1) is 9.19. The van der Waals surface area contributed by atoms with Gasteiger partial charge in [0.2, 0.25) is 0 Å². The standard InChI is InChI=1S/C17H35O2/c1-4-7-8-11-17(19)16(6-3)13-12-15(5-2)10-9-14-18/h15-19H,3-14H2,1-2H3. The lowest BCUT2D eigenvalue weighted by atomic mass is 9.85. The Labute approximate surface area is 120 Å². The van der Waals surface area contributed by atoms with Crippen molar-refractivity contribution in [2.45, 2.75) is 84.2 Å². The van der Waals surface area contributed by atoms with E-state index < -0.39 is 0 Å². The summed E-state index contributed by atoms with van der Waals surface area (Å²) in [6.45, 7) is 8.72. The SMILES string of the molecule is [CH2]CC(CCC(CC)CCCO)C(O)CCCCC. The number of hydrogen-bond donors (Lipinski definition) is 2. The van der Waals surface area contributed by atoms with Gasteiger partial charge in [0.15, 0.2) is 0 Å². The summed E-state index contributed by atoms with van der Waals surface area (Å²) in [4.78, 5) is 0. The molecule has 3 atom stereocenters. The monoisotopic (exact) mass is 271 g/mol. The van der Waals surface area contributed by atoms with Gasteiger partial charge in [-0.25, -0.2) is 0 Å². The van der Waals surface area contributed by atoms with E-state index in [0.29, 0.717) is 18.4 Å². The highest BCUT2D eigenvalue weighted by molar-refractivity contribution is 4.72. The molecule has 2 N–H and O–H groups in total. The topological polar surface area (TPSA) is 40.5 Å². The summed E-state index contributed by atoms with van der Waals surface area (Å²) >= 11 is 0. The molecule has 0 spiro atoms. The summed E-state index contributed by atoms with van der Waals surface area (Å²) in [5, 5.41) is 19.1. The van der Waals surface area contributed by atoms with E-state index in [1.165, 1.54) is 25.7 Å². The lowest BCUT2D eigenvalue weighted by Crippen LogP contribution is -2.21. The van der Waals surface area contributed by atoms with Crippen molar-refractivity contribution in [3.05, 3.63) is 6.92 Å². The molecule has 3 unspecified atom stereocenters. The zero-order valence-electron chi connectivity index (χ0n) is 13.1. The fraction of sp³-hybridized carbons (Fsp3) is 0.941. The van der Waals surface area contributed by atoms with Crippen molar-refractivity contribution in [1.29, 1.82) is 0 Å². The van der Waals surface area contributed by atoms with Crippen molar-refractivity contribution in [2.24, 2.45) is 11.8 Å². The van der Waals surface area contributed by atoms with Crippen LogP contribution in [0.4, 0.5) is 0 Å². The van der Waals surface area contributed by atoms with Crippen LogP contribution >= 0.6 is 0 Å². The molecule has 2 nitrogen and oxygen atoms in total. The van der Waals surface area contributed by atoms with E-state index in [-0.39, 0.29) is 6.10 Å². The molecule has 19 heavy (non-hydrogen) atoms. The van der Waals surface area contributed by atoms with Crippen molar-refractivity contribution in [1.82, 2.24) is 0 Å². The van der Waals surface area contributed by atoms with Crippen LogP contribution in [0.3, 0.4) is 0 Å². The molecule has 0 aromatic rings. The third-order valence-electron chi connectivity index (χ3n) is 4.31. The van der Waals surface area contributed by atoms with Crippen molar-refractivity contribution in [3.8, 4) is 0 Å². The van der Waals surface area contributed by atoms with Gasteiger partial charge in [0.05, 0.1) is 6.10 Å². The summed E-state index contributed by atoms with van der Waals surface area (Å²) in [5.41, 5.74) is 0. The minimum Gasteiger partial charge on any atom is -0.396 e. The molecule has 115 valence electrons. The molecule has 0 amide bonds. The van der Waals surface area contributed by atoms with E-state index in [1.807, 2.05) is 0 Å². The fourth-order valence-electron chi connectivity index (χ4n) is 2.75. The molecule has 0 rings (SSSR count). The van der Waals surface area contributed by atoms with Gasteiger partial charge in [-0.1, -0.05) is 52.9 Å². The summed E-state index contributed by atoms with van der Waals surface area (Å²) in [7, 11) is 0. The maximum atomic E-state index is 10.2. The van der Waals surface area contributed by atoms with Crippen molar-refractivity contribution >= 4 is 0 Å². The zero-order valence-corrected chi connectivity index (χ0v) is 13.1. The Morgan fingerprint density at radius 3 is 2.21 bits per heavy atom. The van der Waals surface area contributed by atoms with E-state index in [4.69, 9.17) is 5.11 Å². The largest absolute Gasteiger partial charge is 0.396 e. The Kier molecular flexibility index (Phi) is 12.9. The Morgan fingerprint density at radius 1 is 0.947 bits per heavy atom. The van der Waals surface area contributed by atoms with Crippen LogP contribution in [0.25, 0.3) is 0 Å². The number of hydrogen-bond acceptors (Lipinski definition) is 2. The molecular weight excluding hydrogens is 236 g/mol. The third-order valence-corrected chi connectivity index (χ3v) is 4.31. The predicted octanol–water partition coefficient (Wildman–Crippen LogP) is 4.35. The number of rotatable bonds is 13. The van der Waals surface area contributed by atoms with E-state index in [2.05, 4.69) is 20.8 Å². The third kappa shape index (κ3) is 9.45. The number of aliphatic hydroxyl groups excluding tert-OH is 2. The highest BCUT2D eigenvalue weighted by Crippen LogP contribution is 2.25. The Morgan fingerprint density at radius 2 is 1.68 bits per heavy atom. The molecular formula is C17H35O2. The van der Waals surface area contributed by atoms with Gasteiger partial charge in [-0.15, -0.1) is 0 Å². The second-order valence-corrected chi connectivity index (χ2v) is 5.83. The van der Waals surface area contributed by atoms with E-state index in [0.717, 1.165) is 38.5 Å². The average molecular weight is 271 g/mol. The second kappa shape index (κ2) is 12.9. The molecule has 0 heterocycles. The molecule has 0 fully saturated rings. The van der Waals surface area contributed by atoms with Crippen molar-refractivity contribution in [3.63, 3.8) is 0 Å². The molecule has 0 aromatic heterocycles. The second-order valence-electron chi connectivity index (χ2n) is 5.83. The van der Waals surface area contributed by atoms with Gasteiger partial charge in [0.1, 0.15) is 0 Å². The number of unbranched alkanes of at least 4 members (excludes halogenated alkanes) is 2. The molecule has 0 aliphatic heterocycles. The molecule has 0 aliphatic carbocycles. The van der Waals surface area contributed by atoms with Crippen LogP contribution in [-0.4, -0.2) is 22.9 Å². The van der Waals surface area contributed by atoms with Gasteiger partial charge in [0, 0.05) is 6.61 Å². The van der Waals surface area contributed by atoms with Crippen LogP contribution in [-0.2, 0) is 0 Å². The Bertz CT molecular complexity index is 182. The summed E-state index contributed by atoms with van der Waals surface area (Å²) < 4.78 is 0. The Hall–Kier alpha value is -0.0800. The summed E-state index contributed by atoms with van der Waals surface area (Å²) in [6.07, 6.45) is 10.6. The molecule has 0 saturated heterocycles. The number of aliphatic hydroxyl groups is 2. The molecule has 0 saturated carbocycles. The predicted molar refractivity (Wildman–Crippen MR) is 82.9 cm³/mol. The first kappa shape index (κ1) is 18.9. The van der Waals surface area contributed by atoms with Crippen LogP contribution < -0.4 is 0 Å². The molecule has 1 radical (unpaired) electrons. The smallest absolute Gasteiger partial charge is 0.0568 e. The minimum absolute atomic E-state index is 0.167. The first-order valence-electron chi connectivity index (χ1n) is 8.27. The van der Waals surface area contributed by atoms with E-state index in [9.17, 15) is 5.11 Å². The summed E-state index contributed by atoms with van der Waals surface area (Å²) in [6, 6.07) is 0. The minimum atomic E-state index is -0.167. The molecule has 0 aromatic carbocycles. The van der Waals surface area contributed by atoms with Gasteiger partial charge in [0.25, 0.3) is 0 Å². The first-order valence-corrected chi connectivity index (χ1v) is 8.27. The molecule has 2 heteroatoms. The van der Waals surface area contributed by atoms with Gasteiger partial charge in [-0.2, -0.15) is 0 Å². The van der Waals surface area contributed by atoms with E-state index >= 15 is 0 Å². The van der Waals surface area contributed by atoms with Gasteiger partial charge in [-0.3, -0.25) is 0 Å². The van der Waals surface area contributed by atoms with E-state index in [1.54, 1.807) is 0 Å². The van der Waals surface area contributed by atoms with Gasteiger partial charge >= 0.3 is 0 Å². The summed E-state index contributed by atoms with van der Waals surface area (Å²) in [5.74, 6) is 1.06. The molecule has 0 aliphatic rings. The van der Waals surface area contributed by atoms with Crippen LogP contribution in [0.2, 0.25) is 0 Å². The Balaban J connectivity index is 3.94. The maximum Gasteiger partial charge on any atom is 0.0568 e. The quantitative estimate of drug-likeness (QED) is 0.489. The highest BCUT2D eigenvalue weighted by Gasteiger charge is 2.18. The van der Waals surface area contributed by atoms with Crippen LogP contribution in [0, 0.1) is 18.8 Å². The normalized spacial score (nSPS) is 16.3. The average Bonchev–Trinajstić information content (AvgIpc) is 2.43. The molecule has 0 bridgehead atoms. The maximum absolute atomic E-state index is 10.2. The lowest BCUT2D eigenvalue weighted by molar-refractivity contribution is 0.0873. The highest BCUT2D eigenvalue weighted by atomic mass is 16.3. The van der Waals surface area contributed by atoms with Crippen molar-refractivity contribution < 1.29 is 10.2 Å².